The van der Waals surface area contributed by atoms with Crippen LogP contribution < -0.4 is 15.5 Å². The summed E-state index contributed by atoms with van der Waals surface area (Å²) in [6.07, 6.45) is 1.59. The van der Waals surface area contributed by atoms with Crippen LogP contribution in [0.2, 0.25) is 0 Å². The number of para-hydroxylation sites is 1. The van der Waals surface area contributed by atoms with Crippen LogP contribution in [-0.4, -0.2) is 41.4 Å². The van der Waals surface area contributed by atoms with E-state index in [0.29, 0.717) is 35.0 Å². The monoisotopic (exact) mass is 368 g/mol. The van der Waals surface area contributed by atoms with E-state index in [2.05, 4.69) is 20.2 Å². The molecule has 10 heteroatoms. The number of benzene rings is 1. The van der Waals surface area contributed by atoms with Gasteiger partial charge in [-0.2, -0.15) is 10.1 Å². The summed E-state index contributed by atoms with van der Waals surface area (Å²) in [6.45, 7) is 0.386. The predicted octanol–water partition coefficient (Wildman–Crippen LogP) is 2.78. The number of pyridine rings is 1. The van der Waals surface area contributed by atoms with Gasteiger partial charge in [-0.1, -0.05) is 12.1 Å². The molecule has 0 saturated heterocycles. The average molecular weight is 368 g/mol. The number of aromatic nitrogens is 3. The van der Waals surface area contributed by atoms with Crippen LogP contribution in [0.5, 0.6) is 5.75 Å². The maximum absolute atomic E-state index is 10.7. The Kier molecular flexibility index (Phi) is 4.88. The molecule has 27 heavy (non-hydrogen) atoms. The second kappa shape index (κ2) is 7.28. The van der Waals surface area contributed by atoms with Crippen molar-refractivity contribution in [2.24, 2.45) is 5.11 Å². The third-order valence-corrected chi connectivity index (χ3v) is 4.02. The molecule has 0 fully saturated rings. The first kappa shape index (κ1) is 18.1. The fourth-order valence-corrected chi connectivity index (χ4v) is 2.50. The van der Waals surface area contributed by atoms with Crippen LogP contribution in [0.1, 0.15) is 5.56 Å². The minimum Gasteiger partial charge on any atom is -0.507 e. The standard InChI is InChI=1S/C17H20N8O2/c1-24(2)17-21-16(27-23-17)12-6-4-5-10(14(12)26)9-25(3)11-7-13(22-19)15(18)20-8-11/h4-8,19,26H,9H2,1-3H3,(H2,18,20). The maximum atomic E-state index is 10.7. The Bertz CT molecular complexity index is 969. The van der Waals surface area contributed by atoms with E-state index in [1.807, 2.05) is 18.0 Å². The lowest BCUT2D eigenvalue weighted by Crippen LogP contribution is -2.17. The molecular formula is C17H20N8O2. The van der Waals surface area contributed by atoms with E-state index in [9.17, 15) is 5.11 Å². The zero-order valence-corrected chi connectivity index (χ0v) is 15.2. The molecule has 1 aromatic carbocycles. The maximum Gasteiger partial charge on any atom is 0.265 e. The van der Waals surface area contributed by atoms with Crippen molar-refractivity contribution in [3.05, 3.63) is 36.0 Å². The van der Waals surface area contributed by atoms with Crippen LogP contribution in [-0.2, 0) is 6.54 Å². The van der Waals surface area contributed by atoms with Gasteiger partial charge >= 0.3 is 0 Å². The molecule has 2 heterocycles. The molecule has 10 nitrogen and oxygen atoms in total. The fraction of sp³-hybridized carbons (Fsp3) is 0.235. The summed E-state index contributed by atoms with van der Waals surface area (Å²) in [5, 5.41) is 17.9. The molecule has 0 aliphatic carbocycles. The molecule has 0 atom stereocenters. The highest BCUT2D eigenvalue weighted by Gasteiger charge is 2.17. The molecule has 0 bridgehead atoms. The van der Waals surface area contributed by atoms with Gasteiger partial charge in [-0.15, -0.1) is 0 Å². The van der Waals surface area contributed by atoms with Crippen LogP contribution in [0.25, 0.3) is 11.5 Å². The Morgan fingerprint density at radius 3 is 2.74 bits per heavy atom. The van der Waals surface area contributed by atoms with Crippen LogP contribution in [0.15, 0.2) is 40.1 Å². The van der Waals surface area contributed by atoms with Crippen LogP contribution in [0, 0.1) is 5.53 Å². The number of rotatable bonds is 6. The highest BCUT2D eigenvalue weighted by Crippen LogP contribution is 2.33. The average Bonchev–Trinajstić information content (AvgIpc) is 3.14. The molecule has 0 spiro atoms. The molecule has 4 N–H and O–H groups in total. The summed E-state index contributed by atoms with van der Waals surface area (Å²) in [5.74, 6) is 0.920. The normalized spacial score (nSPS) is 10.6. The van der Waals surface area contributed by atoms with Crippen LogP contribution >= 0.6 is 0 Å². The van der Waals surface area contributed by atoms with E-state index in [-0.39, 0.29) is 17.5 Å². The third-order valence-electron chi connectivity index (χ3n) is 4.02. The smallest absolute Gasteiger partial charge is 0.265 e. The lowest BCUT2D eigenvalue weighted by Gasteiger charge is -2.20. The van der Waals surface area contributed by atoms with E-state index < -0.39 is 0 Å². The van der Waals surface area contributed by atoms with Crippen molar-refractivity contribution in [2.45, 2.75) is 6.54 Å². The van der Waals surface area contributed by atoms with Gasteiger partial charge in [0.2, 0.25) is 0 Å². The summed E-state index contributed by atoms with van der Waals surface area (Å²) in [6, 6.07) is 6.99. The SMILES string of the molecule is CN(C)c1noc(-c2cccc(CN(C)c3cnc(N)c(N=N)c3)c2O)n1. The first-order valence-corrected chi connectivity index (χ1v) is 8.07. The van der Waals surface area contributed by atoms with Gasteiger partial charge in [-0.3, -0.25) is 0 Å². The highest BCUT2D eigenvalue weighted by molar-refractivity contribution is 5.67. The Balaban J connectivity index is 1.88. The molecule has 3 aromatic rings. The summed E-state index contributed by atoms with van der Waals surface area (Å²) < 4.78 is 5.25. The minimum atomic E-state index is 0.0621. The van der Waals surface area contributed by atoms with Gasteiger partial charge < -0.3 is 25.2 Å². The molecule has 0 aliphatic heterocycles. The van der Waals surface area contributed by atoms with E-state index in [4.69, 9.17) is 15.8 Å². The van der Waals surface area contributed by atoms with Crippen molar-refractivity contribution in [1.82, 2.24) is 15.1 Å². The van der Waals surface area contributed by atoms with Gasteiger partial charge in [-0.25, -0.2) is 10.5 Å². The number of nitrogens with zero attached hydrogens (tertiary/aromatic N) is 6. The largest absolute Gasteiger partial charge is 0.507 e. The molecule has 2 aromatic heterocycles. The summed E-state index contributed by atoms with van der Waals surface area (Å²) in [4.78, 5) is 11.9. The topological polar surface area (TPSA) is 141 Å². The van der Waals surface area contributed by atoms with Gasteiger partial charge in [0.25, 0.3) is 11.8 Å². The van der Waals surface area contributed by atoms with Gasteiger partial charge in [0.1, 0.15) is 11.4 Å². The van der Waals surface area contributed by atoms with Gasteiger partial charge in [0.05, 0.1) is 17.4 Å². The Hall–Kier alpha value is -3.69. The number of nitrogens with one attached hydrogen (secondary N) is 1. The highest BCUT2D eigenvalue weighted by atomic mass is 16.5. The third kappa shape index (κ3) is 3.64. The number of hydrogen-bond acceptors (Lipinski definition) is 10. The van der Waals surface area contributed by atoms with E-state index in [1.54, 1.807) is 43.4 Å². The Morgan fingerprint density at radius 1 is 1.30 bits per heavy atom. The number of hydrogen-bond donors (Lipinski definition) is 3. The second-order valence-corrected chi connectivity index (χ2v) is 6.17. The van der Waals surface area contributed by atoms with Gasteiger partial charge in [-0.05, 0) is 17.3 Å². The number of phenols is 1. The first-order valence-electron chi connectivity index (χ1n) is 8.07. The summed E-state index contributed by atoms with van der Waals surface area (Å²) in [5.41, 5.74) is 15.0. The molecular weight excluding hydrogens is 348 g/mol. The van der Waals surface area contributed by atoms with E-state index in [0.717, 1.165) is 0 Å². The number of anilines is 3. The molecule has 0 amide bonds. The van der Waals surface area contributed by atoms with Crippen molar-refractivity contribution in [2.75, 3.05) is 36.7 Å². The molecule has 0 saturated carbocycles. The molecule has 140 valence electrons. The van der Waals surface area contributed by atoms with Crippen LogP contribution in [0.3, 0.4) is 0 Å². The number of phenolic OH excluding ortho intramolecular Hbond substituents is 1. The van der Waals surface area contributed by atoms with Crippen molar-refractivity contribution >= 4 is 23.1 Å². The lowest BCUT2D eigenvalue weighted by molar-refractivity contribution is 0.423. The molecule has 0 radical (unpaired) electrons. The Labute approximate surface area is 155 Å². The Morgan fingerprint density at radius 2 is 2.07 bits per heavy atom. The number of aromatic hydroxyl groups is 1. The van der Waals surface area contributed by atoms with Crippen LogP contribution in [0.4, 0.5) is 23.1 Å². The fourth-order valence-electron chi connectivity index (χ4n) is 2.50. The first-order chi connectivity index (χ1) is 12.9. The lowest BCUT2D eigenvalue weighted by atomic mass is 10.1. The molecule has 0 aliphatic rings. The van der Waals surface area contributed by atoms with E-state index in [1.165, 1.54) is 0 Å². The quantitative estimate of drug-likeness (QED) is 0.564. The van der Waals surface area contributed by atoms with Crippen molar-refractivity contribution in [1.29, 1.82) is 5.53 Å². The number of nitrogen functional groups attached to an aromatic ring is 1. The molecule has 0 unspecified atom stereocenters. The van der Waals surface area contributed by atoms with E-state index >= 15 is 0 Å². The van der Waals surface area contributed by atoms with Crippen molar-refractivity contribution in [3.8, 4) is 17.2 Å². The van der Waals surface area contributed by atoms with Gasteiger partial charge in [0, 0.05) is 33.3 Å². The minimum absolute atomic E-state index is 0.0621. The predicted molar refractivity (Wildman–Crippen MR) is 101 cm³/mol. The van der Waals surface area contributed by atoms with Gasteiger partial charge in [0.15, 0.2) is 5.82 Å². The van der Waals surface area contributed by atoms with Crippen molar-refractivity contribution < 1.29 is 9.63 Å². The molecule has 3 rings (SSSR count). The second-order valence-electron chi connectivity index (χ2n) is 6.17. The summed E-state index contributed by atoms with van der Waals surface area (Å²) in [7, 11) is 5.44. The van der Waals surface area contributed by atoms with Crippen molar-refractivity contribution in [3.63, 3.8) is 0 Å². The summed E-state index contributed by atoms with van der Waals surface area (Å²) >= 11 is 0. The number of nitrogens with two attached hydrogens (primary N) is 1. The zero-order chi connectivity index (χ0) is 19.6. The zero-order valence-electron chi connectivity index (χ0n) is 15.2.